The van der Waals surface area contributed by atoms with Gasteiger partial charge in [0.25, 0.3) is 0 Å². The van der Waals surface area contributed by atoms with Gasteiger partial charge in [0.05, 0.1) is 0 Å². The molecular formula is C10H18N4O2S. The second-order valence-corrected chi connectivity index (χ2v) is 6.26. The molecule has 1 aliphatic carbocycles. The summed E-state index contributed by atoms with van der Waals surface area (Å²) in [6, 6.07) is 0.0499. The van der Waals surface area contributed by atoms with E-state index in [1.54, 1.807) is 4.68 Å². The Bertz CT molecular complexity index is 508. The maximum Gasteiger partial charge on any atom is 0.246 e. The number of rotatable bonds is 5. The zero-order valence-electron chi connectivity index (χ0n) is 10.0. The lowest BCUT2D eigenvalue weighted by molar-refractivity contribution is 0.576. The van der Waals surface area contributed by atoms with E-state index in [2.05, 4.69) is 9.82 Å². The first-order chi connectivity index (χ1) is 7.94. The molecule has 0 spiro atoms. The van der Waals surface area contributed by atoms with Crippen molar-refractivity contribution in [3.63, 3.8) is 0 Å². The third-order valence-electron chi connectivity index (χ3n) is 2.91. The number of aryl methyl sites for hydroxylation is 1. The quantitative estimate of drug-likeness (QED) is 0.807. The summed E-state index contributed by atoms with van der Waals surface area (Å²) in [5.41, 5.74) is 5.64. The highest BCUT2D eigenvalue weighted by atomic mass is 32.2. The van der Waals surface area contributed by atoms with E-state index in [0.717, 1.165) is 12.8 Å². The molecule has 0 radical (unpaired) electrons. The summed E-state index contributed by atoms with van der Waals surface area (Å²) in [6.45, 7) is 4.67. The third-order valence-corrected chi connectivity index (χ3v) is 4.42. The molecular weight excluding hydrogens is 240 g/mol. The maximum atomic E-state index is 12.0. The number of hydrogen-bond acceptors (Lipinski definition) is 4. The predicted octanol–water partition coefficient (Wildman–Crippen LogP) is 0.562. The number of nitrogens with zero attached hydrogens (tertiary/aromatic N) is 2. The van der Waals surface area contributed by atoms with Gasteiger partial charge in [-0.3, -0.25) is 4.68 Å². The molecule has 3 N–H and O–H groups in total. The number of sulfonamides is 1. The first kappa shape index (κ1) is 12.4. The normalized spacial score (nSPS) is 23.9. The molecule has 1 saturated carbocycles. The number of hydrogen-bond donors (Lipinski definition) is 2. The minimum Gasteiger partial charge on any atom is -0.381 e. The van der Waals surface area contributed by atoms with Crippen molar-refractivity contribution < 1.29 is 8.42 Å². The summed E-state index contributed by atoms with van der Waals surface area (Å²) in [5, 5.41) is 3.99. The second-order valence-electron chi connectivity index (χ2n) is 4.58. The zero-order valence-corrected chi connectivity index (χ0v) is 10.9. The van der Waals surface area contributed by atoms with Gasteiger partial charge in [-0.05, 0) is 18.8 Å². The van der Waals surface area contributed by atoms with Gasteiger partial charge in [0.2, 0.25) is 10.0 Å². The van der Waals surface area contributed by atoms with E-state index in [-0.39, 0.29) is 16.8 Å². The molecule has 7 heteroatoms. The van der Waals surface area contributed by atoms with Crippen LogP contribution in [0, 0.1) is 5.92 Å². The van der Waals surface area contributed by atoms with Gasteiger partial charge in [0.15, 0.2) is 5.82 Å². The predicted molar refractivity (Wildman–Crippen MR) is 64.8 cm³/mol. The summed E-state index contributed by atoms with van der Waals surface area (Å²) >= 11 is 0. The van der Waals surface area contributed by atoms with Crippen LogP contribution in [0.25, 0.3) is 0 Å². The Morgan fingerprint density at radius 2 is 2.29 bits per heavy atom. The summed E-state index contributed by atoms with van der Waals surface area (Å²) in [7, 11) is -3.52. The summed E-state index contributed by atoms with van der Waals surface area (Å²) in [5.74, 6) is 0.482. The molecule has 17 heavy (non-hydrogen) atoms. The van der Waals surface area contributed by atoms with Crippen LogP contribution in [0.5, 0.6) is 0 Å². The van der Waals surface area contributed by atoms with E-state index in [1.165, 1.54) is 6.20 Å². The lowest BCUT2D eigenvalue weighted by Gasteiger charge is -2.03. The van der Waals surface area contributed by atoms with Crippen LogP contribution in [0.15, 0.2) is 11.1 Å². The summed E-state index contributed by atoms with van der Waals surface area (Å²) in [6.07, 6.45) is 3.27. The molecule has 2 unspecified atom stereocenters. The number of nitrogens with two attached hydrogens (primary N) is 1. The molecule has 0 amide bonds. The first-order valence-corrected chi connectivity index (χ1v) is 7.27. The molecule has 96 valence electrons. The van der Waals surface area contributed by atoms with Gasteiger partial charge in [-0.25, -0.2) is 13.1 Å². The monoisotopic (exact) mass is 258 g/mol. The third kappa shape index (κ3) is 2.61. The zero-order chi connectivity index (χ0) is 12.6. The Morgan fingerprint density at radius 3 is 2.82 bits per heavy atom. The lowest BCUT2D eigenvalue weighted by atomic mass is 10.5. The molecule has 1 aromatic rings. The summed E-state index contributed by atoms with van der Waals surface area (Å²) in [4.78, 5) is 0.0880. The molecule has 0 saturated heterocycles. The van der Waals surface area contributed by atoms with Crippen molar-refractivity contribution >= 4 is 15.8 Å². The Balaban J connectivity index is 2.20. The van der Waals surface area contributed by atoms with E-state index in [4.69, 9.17) is 5.73 Å². The van der Waals surface area contributed by atoms with Crippen LogP contribution >= 0.6 is 0 Å². The van der Waals surface area contributed by atoms with Gasteiger partial charge >= 0.3 is 0 Å². The standard InChI is InChI=1S/C10H18N4O2S/c1-3-4-14-6-9(10(11)12-14)17(15,16)13-8-5-7(8)2/h6-8,13H,3-5H2,1-2H3,(H2,11,12). The van der Waals surface area contributed by atoms with Gasteiger partial charge in [-0.15, -0.1) is 0 Å². The Kier molecular flexibility index (Phi) is 3.13. The topological polar surface area (TPSA) is 90.0 Å². The largest absolute Gasteiger partial charge is 0.381 e. The molecule has 6 nitrogen and oxygen atoms in total. The smallest absolute Gasteiger partial charge is 0.246 e. The first-order valence-electron chi connectivity index (χ1n) is 5.79. The fraction of sp³-hybridized carbons (Fsp3) is 0.700. The minimum atomic E-state index is -3.52. The average Bonchev–Trinajstić information content (AvgIpc) is 2.74. The van der Waals surface area contributed by atoms with E-state index in [1.807, 2.05) is 13.8 Å². The Labute approximate surface area is 101 Å². The van der Waals surface area contributed by atoms with Crippen molar-refractivity contribution in [2.45, 2.75) is 44.2 Å². The van der Waals surface area contributed by atoms with Crippen LogP contribution in [0.3, 0.4) is 0 Å². The van der Waals surface area contributed by atoms with Crippen molar-refractivity contribution in [2.75, 3.05) is 5.73 Å². The fourth-order valence-corrected chi connectivity index (χ4v) is 3.15. The number of nitrogens with one attached hydrogen (secondary N) is 1. The van der Waals surface area contributed by atoms with Crippen LogP contribution in [0.4, 0.5) is 5.82 Å². The van der Waals surface area contributed by atoms with Crippen molar-refractivity contribution in [3.8, 4) is 0 Å². The van der Waals surface area contributed by atoms with Gasteiger partial charge in [-0.1, -0.05) is 13.8 Å². The number of aromatic nitrogens is 2. The van der Waals surface area contributed by atoms with Gasteiger partial charge in [-0.2, -0.15) is 5.10 Å². The van der Waals surface area contributed by atoms with Gasteiger partial charge in [0, 0.05) is 18.8 Å². The highest BCUT2D eigenvalue weighted by Crippen LogP contribution is 2.31. The molecule has 2 atom stereocenters. The minimum absolute atomic E-state index is 0.0499. The Morgan fingerprint density at radius 1 is 1.65 bits per heavy atom. The second kappa shape index (κ2) is 4.30. The molecule has 2 rings (SSSR count). The van der Waals surface area contributed by atoms with Crippen LogP contribution in [0.1, 0.15) is 26.7 Å². The number of anilines is 1. The van der Waals surface area contributed by atoms with Gasteiger partial charge in [0.1, 0.15) is 4.90 Å². The lowest BCUT2D eigenvalue weighted by Crippen LogP contribution is -2.27. The molecule has 0 bridgehead atoms. The average molecular weight is 258 g/mol. The van der Waals surface area contributed by atoms with Crippen molar-refractivity contribution in [1.29, 1.82) is 0 Å². The molecule has 0 aliphatic heterocycles. The van der Waals surface area contributed by atoms with Crippen molar-refractivity contribution in [2.24, 2.45) is 5.92 Å². The van der Waals surface area contributed by atoms with Gasteiger partial charge < -0.3 is 5.73 Å². The van der Waals surface area contributed by atoms with Crippen LogP contribution in [0.2, 0.25) is 0 Å². The molecule has 1 heterocycles. The van der Waals surface area contributed by atoms with Crippen LogP contribution in [-0.2, 0) is 16.6 Å². The van der Waals surface area contributed by atoms with E-state index in [0.29, 0.717) is 12.5 Å². The van der Waals surface area contributed by atoms with E-state index in [9.17, 15) is 8.42 Å². The fourth-order valence-electron chi connectivity index (χ4n) is 1.72. The molecule has 1 fully saturated rings. The maximum absolute atomic E-state index is 12.0. The molecule has 1 aliphatic rings. The SMILES string of the molecule is CCCn1cc(S(=O)(=O)NC2CC2C)c(N)n1. The molecule has 0 aromatic carbocycles. The van der Waals surface area contributed by atoms with E-state index < -0.39 is 10.0 Å². The van der Waals surface area contributed by atoms with Crippen LogP contribution < -0.4 is 10.5 Å². The molecule has 1 aromatic heterocycles. The van der Waals surface area contributed by atoms with Crippen molar-refractivity contribution in [1.82, 2.24) is 14.5 Å². The van der Waals surface area contributed by atoms with Crippen LogP contribution in [-0.4, -0.2) is 24.2 Å². The highest BCUT2D eigenvalue weighted by molar-refractivity contribution is 7.89. The Hall–Kier alpha value is -1.08. The van der Waals surface area contributed by atoms with E-state index >= 15 is 0 Å². The number of nitrogen functional groups attached to an aromatic ring is 1. The summed E-state index contributed by atoms with van der Waals surface area (Å²) < 4.78 is 28.2. The van der Waals surface area contributed by atoms with Crippen molar-refractivity contribution in [3.05, 3.63) is 6.20 Å². The highest BCUT2D eigenvalue weighted by Gasteiger charge is 2.37.